The maximum atomic E-state index is 13.8. The van der Waals surface area contributed by atoms with Gasteiger partial charge in [0.1, 0.15) is 0 Å². The number of anilines is 1. The fraction of sp³-hybridized carbons (Fsp3) is 0.294. The van der Waals surface area contributed by atoms with Gasteiger partial charge < -0.3 is 25.2 Å². The van der Waals surface area contributed by atoms with E-state index in [0.29, 0.717) is 33.3 Å². The quantitative estimate of drug-likeness (QED) is 0.204. The maximum Gasteiger partial charge on any atom is 0.296 e. The second-order valence-electron chi connectivity index (χ2n) is 11.6. The van der Waals surface area contributed by atoms with Crippen LogP contribution in [-0.2, 0) is 14.8 Å². The zero-order chi connectivity index (χ0) is 33.3. The topological polar surface area (TPSA) is 121 Å². The molecule has 0 atom stereocenters. The van der Waals surface area contributed by atoms with Crippen LogP contribution in [0.3, 0.4) is 0 Å². The third-order valence-electron chi connectivity index (χ3n) is 8.20. The highest BCUT2D eigenvalue weighted by atomic mass is 32.2. The molecule has 2 fully saturated rings. The van der Waals surface area contributed by atoms with Gasteiger partial charge in [-0.3, -0.25) is 4.79 Å². The van der Waals surface area contributed by atoms with Crippen molar-refractivity contribution in [3.8, 4) is 17.7 Å². The van der Waals surface area contributed by atoms with Crippen LogP contribution in [-0.4, -0.2) is 98.1 Å². The molecule has 2 aliphatic heterocycles. The molecule has 3 N–H and O–H groups in total. The Morgan fingerprint density at radius 1 is 1.04 bits per heavy atom. The van der Waals surface area contributed by atoms with Gasteiger partial charge in [0.15, 0.2) is 5.88 Å². The van der Waals surface area contributed by atoms with Crippen LogP contribution < -0.4 is 10.2 Å². The Bertz CT molecular complexity index is 2000. The molecule has 0 saturated carbocycles. The number of carbonyl (C=O) groups excluding carboxylic acids is 1. The van der Waals surface area contributed by atoms with E-state index in [1.165, 1.54) is 12.1 Å². The Morgan fingerprint density at radius 2 is 1.72 bits per heavy atom. The summed E-state index contributed by atoms with van der Waals surface area (Å²) in [4.78, 5) is 24.2. The predicted molar refractivity (Wildman–Crippen MR) is 177 cm³/mol. The highest BCUT2D eigenvalue weighted by molar-refractivity contribution is 7.89. The summed E-state index contributed by atoms with van der Waals surface area (Å²) in [6.45, 7) is 3.84. The Kier molecular flexibility index (Phi) is 8.76. The minimum atomic E-state index is -4.46. The number of fused-ring (bicyclic) bond motifs is 1. The lowest BCUT2D eigenvalue weighted by atomic mass is 10.00. The van der Waals surface area contributed by atoms with Gasteiger partial charge in [-0.2, -0.15) is 4.31 Å². The van der Waals surface area contributed by atoms with Gasteiger partial charge >= 0.3 is 0 Å². The molecule has 1 amide bonds. The van der Waals surface area contributed by atoms with Gasteiger partial charge in [0.2, 0.25) is 10.0 Å². The van der Waals surface area contributed by atoms with Gasteiger partial charge in [0, 0.05) is 60.8 Å². The van der Waals surface area contributed by atoms with Crippen molar-refractivity contribution < 1.29 is 27.1 Å². The second kappa shape index (κ2) is 12.8. The summed E-state index contributed by atoms with van der Waals surface area (Å²) in [6.07, 6.45) is 0. The summed E-state index contributed by atoms with van der Waals surface area (Å²) in [6, 6.07) is 19.6. The van der Waals surface area contributed by atoms with Crippen LogP contribution in [0, 0.1) is 11.8 Å². The molecule has 6 rings (SSSR count). The van der Waals surface area contributed by atoms with E-state index in [9.17, 15) is 27.1 Å². The normalized spacial score (nSPS) is 17.2. The first-order valence-corrected chi connectivity index (χ1v) is 16.6. The minimum absolute atomic E-state index is 0.0792. The first kappa shape index (κ1) is 32.2. The van der Waals surface area contributed by atoms with Crippen molar-refractivity contribution in [2.24, 2.45) is 4.99 Å². The molecule has 2 saturated heterocycles. The van der Waals surface area contributed by atoms with Crippen LogP contribution in [0.5, 0.6) is 5.88 Å². The van der Waals surface area contributed by atoms with Crippen molar-refractivity contribution in [3.05, 3.63) is 83.4 Å². The van der Waals surface area contributed by atoms with Gasteiger partial charge in [-0.15, -0.1) is 0 Å². The van der Waals surface area contributed by atoms with E-state index in [2.05, 4.69) is 39.0 Å². The molecule has 0 aliphatic carbocycles. The smallest absolute Gasteiger partial charge is 0.296 e. The number of aromatic nitrogens is 1. The molecule has 2 aliphatic rings. The number of carbonyl (C=O) groups is 1. The first-order chi connectivity index (χ1) is 22.4. The number of sulfonamides is 1. The van der Waals surface area contributed by atoms with Gasteiger partial charge in [-0.1, -0.05) is 36.3 Å². The summed E-state index contributed by atoms with van der Waals surface area (Å²) >= 11 is 0. The first-order valence-electron chi connectivity index (χ1n) is 15.2. The number of hydrogen-bond donors (Lipinski definition) is 3. The molecule has 4 aromatic rings. The Labute approximate surface area is 271 Å². The molecule has 0 radical (unpaired) electrons. The summed E-state index contributed by atoms with van der Waals surface area (Å²) in [5.74, 6) is 0.910. The lowest BCUT2D eigenvalue weighted by Crippen LogP contribution is -2.58. The van der Waals surface area contributed by atoms with Crippen molar-refractivity contribution in [3.63, 3.8) is 0 Å². The number of piperazine rings is 1. The molecule has 3 aromatic carbocycles. The Hall–Kier alpha value is -4.77. The number of benzene rings is 3. The molecule has 3 heterocycles. The number of aromatic amines is 1. The van der Waals surface area contributed by atoms with E-state index in [1.54, 1.807) is 6.92 Å². The number of amides is 1. The lowest BCUT2D eigenvalue weighted by molar-refractivity contribution is -0.115. The van der Waals surface area contributed by atoms with Gasteiger partial charge in [0.05, 0.1) is 40.5 Å². The summed E-state index contributed by atoms with van der Waals surface area (Å²) in [5, 5.41) is 14.1. The van der Waals surface area contributed by atoms with Gasteiger partial charge in [0.25, 0.3) is 11.8 Å². The molecular formula is C34H34F2N6O4S. The molecule has 47 heavy (non-hydrogen) atoms. The van der Waals surface area contributed by atoms with Crippen molar-refractivity contribution in [1.29, 1.82) is 0 Å². The zero-order valence-corrected chi connectivity index (χ0v) is 26.7. The second-order valence-corrected chi connectivity index (χ2v) is 13.5. The Balaban J connectivity index is 1.48. The molecule has 10 nitrogen and oxygen atoms in total. The number of alkyl halides is 2. The van der Waals surface area contributed by atoms with Gasteiger partial charge in [-0.05, 0) is 50.4 Å². The van der Waals surface area contributed by atoms with E-state index >= 15 is 0 Å². The molecule has 0 spiro atoms. The average molecular weight is 661 g/mol. The number of aromatic hydroxyl groups is 1. The monoisotopic (exact) mass is 660 g/mol. The van der Waals surface area contributed by atoms with Crippen molar-refractivity contribution >= 4 is 43.9 Å². The maximum absolute atomic E-state index is 13.8. The number of H-pyrrole nitrogens is 1. The predicted octanol–water partition coefficient (Wildman–Crippen LogP) is 3.92. The fourth-order valence-corrected chi connectivity index (χ4v) is 7.31. The summed E-state index contributed by atoms with van der Waals surface area (Å²) < 4.78 is 55.6. The highest BCUT2D eigenvalue weighted by Gasteiger charge is 2.50. The van der Waals surface area contributed by atoms with E-state index in [4.69, 9.17) is 4.99 Å². The molecule has 13 heteroatoms. The molecule has 1 aromatic heterocycles. The number of rotatable bonds is 7. The van der Waals surface area contributed by atoms with E-state index in [0.717, 1.165) is 31.9 Å². The van der Waals surface area contributed by atoms with Crippen LogP contribution in [0.15, 0.2) is 76.6 Å². The summed E-state index contributed by atoms with van der Waals surface area (Å²) in [7, 11) is -2.36. The number of aliphatic imine (C=N–C) groups is 1. The molecular weight excluding hydrogens is 626 g/mol. The SMILES string of the molecule is CCNC(=O)C#Cc1cc2[nH]c(O)c(C(=Nc3ccc(N4CCN(C)CC4)cc3)c3ccccc3)c2cc1S(=O)(=O)N1CC(F)(F)C1. The fourth-order valence-electron chi connectivity index (χ4n) is 5.66. The number of halogens is 2. The lowest BCUT2D eigenvalue weighted by Gasteiger charge is -2.37. The number of nitrogens with one attached hydrogen (secondary N) is 2. The van der Waals surface area contributed by atoms with E-state index in [1.807, 2.05) is 54.6 Å². The molecule has 0 unspecified atom stereocenters. The number of likely N-dealkylation sites (N-methyl/N-ethyl adjacent to an activating group) is 1. The number of hydrogen-bond acceptors (Lipinski definition) is 7. The van der Waals surface area contributed by atoms with Crippen LogP contribution >= 0.6 is 0 Å². The Morgan fingerprint density at radius 3 is 2.36 bits per heavy atom. The van der Waals surface area contributed by atoms with Crippen molar-refractivity contribution in [1.82, 2.24) is 19.5 Å². The van der Waals surface area contributed by atoms with Crippen LogP contribution in [0.25, 0.3) is 10.9 Å². The highest BCUT2D eigenvalue weighted by Crippen LogP contribution is 2.38. The van der Waals surface area contributed by atoms with E-state index in [-0.39, 0.29) is 27.3 Å². The minimum Gasteiger partial charge on any atom is -0.494 e. The standard InChI is InChI=1S/C34H34F2N6O4S/c1-3-37-30(43)14-9-24-19-28-27(20-29(24)47(45,46)42-21-34(35,36)22-42)31(33(44)39-28)32(23-7-5-4-6-8-23)38-25-10-12-26(13-11-25)41-17-15-40(2)16-18-41/h4-8,10-13,19-20,39,44H,3,15-18,21-22H2,1-2H3,(H,37,43). The summed E-state index contributed by atoms with van der Waals surface area (Å²) in [5.41, 5.74) is 3.16. The molecule has 0 bridgehead atoms. The molecule has 244 valence electrons. The largest absolute Gasteiger partial charge is 0.494 e. The van der Waals surface area contributed by atoms with Crippen LogP contribution in [0.1, 0.15) is 23.6 Å². The average Bonchev–Trinajstić information content (AvgIpc) is 3.36. The van der Waals surface area contributed by atoms with Crippen LogP contribution in [0.2, 0.25) is 0 Å². The van der Waals surface area contributed by atoms with Crippen LogP contribution in [0.4, 0.5) is 20.2 Å². The third-order valence-corrected chi connectivity index (χ3v) is 10.0. The van der Waals surface area contributed by atoms with Crippen molar-refractivity contribution in [2.45, 2.75) is 17.7 Å². The van der Waals surface area contributed by atoms with Crippen molar-refractivity contribution in [2.75, 3.05) is 57.8 Å². The third kappa shape index (κ3) is 6.71. The zero-order valence-electron chi connectivity index (χ0n) is 25.9. The van der Waals surface area contributed by atoms with Gasteiger partial charge in [-0.25, -0.2) is 22.2 Å². The number of nitrogens with zero attached hydrogens (tertiary/aromatic N) is 4. The van der Waals surface area contributed by atoms with E-state index < -0.39 is 34.9 Å².